The Kier molecular flexibility index (Phi) is 7.32. The molecule has 0 amide bonds. The largest absolute Gasteiger partial charge is 0.490 e. The predicted molar refractivity (Wildman–Crippen MR) is 94.2 cm³/mol. The van der Waals surface area contributed by atoms with Gasteiger partial charge in [-0.25, -0.2) is 4.79 Å². The van der Waals surface area contributed by atoms with Gasteiger partial charge in [-0.15, -0.1) is 0 Å². The molecule has 5 nitrogen and oxygen atoms in total. The molecule has 2 rings (SSSR count). The SMILES string of the molecule is CCOc1cc(/C=C/C(=O)OCc2ccc(C#N)cc2)ccc1OC(F)F. The molecule has 0 spiro atoms. The van der Waals surface area contributed by atoms with Gasteiger partial charge in [-0.1, -0.05) is 18.2 Å². The average molecular weight is 373 g/mol. The van der Waals surface area contributed by atoms with Crippen molar-refractivity contribution in [3.05, 3.63) is 65.2 Å². The van der Waals surface area contributed by atoms with Gasteiger partial charge in [-0.2, -0.15) is 14.0 Å². The van der Waals surface area contributed by atoms with Crippen molar-refractivity contribution < 1.29 is 27.8 Å². The van der Waals surface area contributed by atoms with Gasteiger partial charge in [0.05, 0.1) is 18.2 Å². The van der Waals surface area contributed by atoms with Crippen LogP contribution in [0.2, 0.25) is 0 Å². The second-order valence-electron chi connectivity index (χ2n) is 5.27. The monoisotopic (exact) mass is 373 g/mol. The fourth-order valence-electron chi connectivity index (χ4n) is 2.13. The number of hydrogen-bond donors (Lipinski definition) is 0. The van der Waals surface area contributed by atoms with Gasteiger partial charge in [0.2, 0.25) is 0 Å². The lowest BCUT2D eigenvalue weighted by molar-refractivity contribution is -0.138. The summed E-state index contributed by atoms with van der Waals surface area (Å²) in [5.41, 5.74) is 1.84. The molecule has 7 heteroatoms. The molecule has 0 saturated carbocycles. The summed E-state index contributed by atoms with van der Waals surface area (Å²) >= 11 is 0. The normalized spacial score (nSPS) is 10.6. The summed E-state index contributed by atoms with van der Waals surface area (Å²) in [7, 11) is 0. The van der Waals surface area contributed by atoms with Crippen LogP contribution in [0.1, 0.15) is 23.6 Å². The fourth-order valence-corrected chi connectivity index (χ4v) is 2.13. The van der Waals surface area contributed by atoms with Crippen LogP contribution in [-0.2, 0) is 16.1 Å². The van der Waals surface area contributed by atoms with Gasteiger partial charge in [0, 0.05) is 6.08 Å². The number of benzene rings is 2. The smallest absolute Gasteiger partial charge is 0.387 e. The number of nitriles is 1. The van der Waals surface area contributed by atoms with Gasteiger partial charge in [0.25, 0.3) is 0 Å². The van der Waals surface area contributed by atoms with E-state index >= 15 is 0 Å². The lowest BCUT2D eigenvalue weighted by Crippen LogP contribution is -2.04. The van der Waals surface area contributed by atoms with E-state index in [-0.39, 0.29) is 24.7 Å². The van der Waals surface area contributed by atoms with Gasteiger partial charge in [0.15, 0.2) is 11.5 Å². The van der Waals surface area contributed by atoms with E-state index in [9.17, 15) is 13.6 Å². The lowest BCUT2D eigenvalue weighted by atomic mass is 10.1. The molecular formula is C20H17F2NO4. The summed E-state index contributed by atoms with van der Waals surface area (Å²) in [5.74, 6) is -0.483. The Balaban J connectivity index is 1.97. The Morgan fingerprint density at radius 3 is 2.56 bits per heavy atom. The number of esters is 1. The molecule has 0 aliphatic rings. The third-order valence-corrected chi connectivity index (χ3v) is 3.36. The molecule has 2 aromatic rings. The molecule has 0 N–H and O–H groups in total. The number of hydrogen-bond acceptors (Lipinski definition) is 5. The van der Waals surface area contributed by atoms with Crippen LogP contribution in [-0.4, -0.2) is 19.2 Å². The molecule has 0 aliphatic carbocycles. The van der Waals surface area contributed by atoms with E-state index in [0.29, 0.717) is 11.1 Å². The third-order valence-electron chi connectivity index (χ3n) is 3.36. The van der Waals surface area contributed by atoms with E-state index in [1.807, 2.05) is 6.07 Å². The van der Waals surface area contributed by atoms with Crippen LogP contribution in [0.25, 0.3) is 6.08 Å². The zero-order valence-electron chi connectivity index (χ0n) is 14.5. The van der Waals surface area contributed by atoms with Crippen molar-refractivity contribution in [1.82, 2.24) is 0 Å². The first-order chi connectivity index (χ1) is 13.0. The highest BCUT2D eigenvalue weighted by Gasteiger charge is 2.11. The number of nitrogens with zero attached hydrogens (tertiary/aromatic N) is 1. The minimum atomic E-state index is -2.96. The first kappa shape index (κ1) is 19.9. The minimum absolute atomic E-state index is 0.0697. The number of halogens is 2. The molecule has 0 radical (unpaired) electrons. The van der Waals surface area contributed by atoms with Crippen LogP contribution in [0.15, 0.2) is 48.5 Å². The van der Waals surface area contributed by atoms with Gasteiger partial charge < -0.3 is 14.2 Å². The Hall–Kier alpha value is -3.40. The van der Waals surface area contributed by atoms with E-state index in [1.165, 1.54) is 30.4 Å². The maximum absolute atomic E-state index is 12.4. The molecule has 0 atom stereocenters. The maximum Gasteiger partial charge on any atom is 0.387 e. The molecule has 0 fully saturated rings. The number of rotatable bonds is 8. The summed E-state index contributed by atoms with van der Waals surface area (Å²) in [6, 6.07) is 13.0. The number of carbonyl (C=O) groups is 1. The average Bonchev–Trinajstić information content (AvgIpc) is 2.66. The van der Waals surface area contributed by atoms with E-state index < -0.39 is 12.6 Å². The van der Waals surface area contributed by atoms with Crippen LogP contribution in [0.4, 0.5) is 8.78 Å². The number of alkyl halides is 2. The molecule has 0 saturated heterocycles. The summed E-state index contributed by atoms with van der Waals surface area (Å²) in [5, 5.41) is 8.74. The van der Waals surface area contributed by atoms with E-state index in [4.69, 9.17) is 14.7 Å². The summed E-state index contributed by atoms with van der Waals surface area (Å²) in [6.45, 7) is -0.891. The Bertz CT molecular complexity index is 842. The molecule has 0 heterocycles. The molecule has 27 heavy (non-hydrogen) atoms. The van der Waals surface area contributed by atoms with E-state index in [2.05, 4.69) is 4.74 Å². The van der Waals surface area contributed by atoms with Crippen LogP contribution < -0.4 is 9.47 Å². The first-order valence-corrected chi connectivity index (χ1v) is 8.07. The van der Waals surface area contributed by atoms with Crippen molar-refractivity contribution in [1.29, 1.82) is 5.26 Å². The minimum Gasteiger partial charge on any atom is -0.490 e. The number of carbonyl (C=O) groups excluding carboxylic acids is 1. The molecule has 0 bridgehead atoms. The van der Waals surface area contributed by atoms with Crippen LogP contribution in [0.5, 0.6) is 11.5 Å². The van der Waals surface area contributed by atoms with Gasteiger partial charge in [0.1, 0.15) is 6.61 Å². The fraction of sp³-hybridized carbons (Fsp3) is 0.200. The highest BCUT2D eigenvalue weighted by Crippen LogP contribution is 2.30. The lowest BCUT2D eigenvalue weighted by Gasteiger charge is -2.11. The number of ether oxygens (including phenoxy) is 3. The van der Waals surface area contributed by atoms with Crippen molar-refractivity contribution in [3.63, 3.8) is 0 Å². The molecular weight excluding hydrogens is 356 g/mol. The van der Waals surface area contributed by atoms with Crippen molar-refractivity contribution in [2.45, 2.75) is 20.1 Å². The van der Waals surface area contributed by atoms with Gasteiger partial charge in [-0.3, -0.25) is 0 Å². The zero-order chi connectivity index (χ0) is 19.6. The van der Waals surface area contributed by atoms with E-state index in [0.717, 1.165) is 5.56 Å². The Morgan fingerprint density at radius 1 is 1.19 bits per heavy atom. The molecule has 0 aliphatic heterocycles. The van der Waals surface area contributed by atoms with Crippen molar-refractivity contribution in [3.8, 4) is 17.6 Å². The van der Waals surface area contributed by atoms with Gasteiger partial charge >= 0.3 is 12.6 Å². The standard InChI is InChI=1S/C20H17F2NO4/c1-2-25-18-11-14(7-9-17(18)27-20(21)22)8-10-19(24)26-13-16-5-3-15(12-23)4-6-16/h3-11,20H,2,13H2,1H3/b10-8+. The summed E-state index contributed by atoms with van der Waals surface area (Å²) < 4.78 is 39.6. The second-order valence-corrected chi connectivity index (χ2v) is 5.27. The first-order valence-electron chi connectivity index (χ1n) is 8.07. The van der Waals surface area contributed by atoms with Crippen molar-refractivity contribution in [2.24, 2.45) is 0 Å². The Labute approximate surface area is 155 Å². The highest BCUT2D eigenvalue weighted by atomic mass is 19.3. The van der Waals surface area contributed by atoms with Crippen molar-refractivity contribution >= 4 is 12.0 Å². The molecule has 0 unspecified atom stereocenters. The summed E-state index contributed by atoms with van der Waals surface area (Å²) in [4.78, 5) is 11.8. The van der Waals surface area contributed by atoms with Crippen LogP contribution >= 0.6 is 0 Å². The highest BCUT2D eigenvalue weighted by molar-refractivity contribution is 5.87. The second kappa shape index (κ2) is 9.92. The van der Waals surface area contributed by atoms with E-state index in [1.54, 1.807) is 31.2 Å². The van der Waals surface area contributed by atoms with Crippen molar-refractivity contribution in [2.75, 3.05) is 6.61 Å². The molecule has 0 aromatic heterocycles. The molecule has 2 aromatic carbocycles. The Morgan fingerprint density at radius 2 is 1.93 bits per heavy atom. The van der Waals surface area contributed by atoms with Gasteiger partial charge in [-0.05, 0) is 48.4 Å². The van der Waals surface area contributed by atoms with Crippen LogP contribution in [0, 0.1) is 11.3 Å². The maximum atomic E-state index is 12.4. The topological polar surface area (TPSA) is 68.5 Å². The molecule has 140 valence electrons. The van der Waals surface area contributed by atoms with Crippen LogP contribution in [0.3, 0.4) is 0 Å². The third kappa shape index (κ3) is 6.44. The predicted octanol–water partition coefficient (Wildman–Crippen LogP) is 4.31. The summed E-state index contributed by atoms with van der Waals surface area (Å²) in [6.07, 6.45) is 2.71. The zero-order valence-corrected chi connectivity index (χ0v) is 14.5. The quantitative estimate of drug-likeness (QED) is 0.509.